The minimum Gasteiger partial charge on any atom is -0.461 e. The molecule has 1 atom stereocenters. The van der Waals surface area contributed by atoms with Crippen LogP contribution in [0.5, 0.6) is 0 Å². The first-order valence-electron chi connectivity index (χ1n) is 9.88. The van der Waals surface area contributed by atoms with E-state index in [-0.39, 0.29) is 12.6 Å². The van der Waals surface area contributed by atoms with Crippen LogP contribution in [-0.2, 0) is 22.3 Å². The Morgan fingerprint density at radius 1 is 1.03 bits per heavy atom. The molecule has 0 spiro atoms. The molecule has 1 amide bonds. The Balaban J connectivity index is 1.72. The van der Waals surface area contributed by atoms with Crippen LogP contribution in [0.3, 0.4) is 0 Å². The molecule has 168 valence electrons. The molecule has 0 radical (unpaired) electrons. The van der Waals surface area contributed by atoms with Crippen LogP contribution in [0.25, 0.3) is 11.1 Å². The molecule has 3 aromatic rings. The number of hydrogen-bond acceptors (Lipinski definition) is 4. The lowest BCUT2D eigenvalue weighted by Gasteiger charge is -2.19. The van der Waals surface area contributed by atoms with E-state index >= 15 is 0 Å². The average molecular weight is 445 g/mol. The van der Waals surface area contributed by atoms with Gasteiger partial charge in [0.1, 0.15) is 6.04 Å². The second kappa shape index (κ2) is 9.67. The number of alkyl halides is 3. The zero-order chi connectivity index (χ0) is 23.3. The van der Waals surface area contributed by atoms with E-state index in [0.29, 0.717) is 16.7 Å². The smallest absolute Gasteiger partial charge is 0.416 e. The molecule has 1 heterocycles. The van der Waals surface area contributed by atoms with E-state index in [0.717, 1.165) is 12.1 Å². The Morgan fingerprint density at radius 3 is 2.12 bits per heavy atom. The minimum atomic E-state index is -4.40. The second-order valence-corrected chi connectivity index (χ2v) is 7.42. The normalized spacial score (nSPS) is 12.4. The van der Waals surface area contributed by atoms with Crippen molar-refractivity contribution in [3.05, 3.63) is 78.4 Å². The van der Waals surface area contributed by atoms with Crippen molar-refractivity contribution < 1.29 is 27.5 Å². The molecule has 0 aliphatic heterocycles. The van der Waals surface area contributed by atoms with Crippen LogP contribution < -0.4 is 5.32 Å². The SMILES string of the molecule is CC(C)OC(=O)[C@H](Cn1ccnc1)NC(=O)c1ccc(-c2ccc(C(F)(F)F)cc2)cc1. The second-order valence-electron chi connectivity index (χ2n) is 7.42. The largest absolute Gasteiger partial charge is 0.461 e. The molecule has 32 heavy (non-hydrogen) atoms. The number of rotatable bonds is 7. The number of carbonyl (C=O) groups is 2. The number of carbonyl (C=O) groups excluding carboxylic acids is 2. The first-order valence-corrected chi connectivity index (χ1v) is 9.88. The number of esters is 1. The number of nitrogens with one attached hydrogen (secondary N) is 1. The number of halogens is 3. The van der Waals surface area contributed by atoms with Gasteiger partial charge in [-0.1, -0.05) is 24.3 Å². The van der Waals surface area contributed by atoms with Gasteiger partial charge >= 0.3 is 12.1 Å². The van der Waals surface area contributed by atoms with Crippen molar-refractivity contribution in [3.8, 4) is 11.1 Å². The van der Waals surface area contributed by atoms with Crippen molar-refractivity contribution in [2.45, 2.75) is 38.7 Å². The number of aromatic nitrogens is 2. The highest BCUT2D eigenvalue weighted by atomic mass is 19.4. The van der Waals surface area contributed by atoms with Crippen LogP contribution in [0.4, 0.5) is 13.2 Å². The zero-order valence-corrected chi connectivity index (χ0v) is 17.5. The molecule has 0 saturated carbocycles. The Bertz CT molecular complexity index is 1040. The first kappa shape index (κ1) is 23.1. The van der Waals surface area contributed by atoms with Crippen molar-refractivity contribution in [3.63, 3.8) is 0 Å². The fourth-order valence-corrected chi connectivity index (χ4v) is 3.01. The molecule has 6 nitrogen and oxygen atoms in total. The third kappa shape index (κ3) is 5.96. The molecule has 3 rings (SSSR count). The summed E-state index contributed by atoms with van der Waals surface area (Å²) in [6.45, 7) is 3.59. The van der Waals surface area contributed by atoms with Gasteiger partial charge in [0.2, 0.25) is 0 Å². The van der Waals surface area contributed by atoms with Gasteiger partial charge in [-0.3, -0.25) is 4.79 Å². The van der Waals surface area contributed by atoms with Crippen LogP contribution in [0.15, 0.2) is 67.3 Å². The lowest BCUT2D eigenvalue weighted by molar-refractivity contribution is -0.150. The predicted molar refractivity (Wildman–Crippen MR) is 112 cm³/mol. The Kier molecular flexibility index (Phi) is 6.97. The highest BCUT2D eigenvalue weighted by molar-refractivity contribution is 5.97. The van der Waals surface area contributed by atoms with Crippen LogP contribution in [0, 0.1) is 0 Å². The first-order chi connectivity index (χ1) is 15.1. The molecular weight excluding hydrogens is 423 g/mol. The van der Waals surface area contributed by atoms with Crippen molar-refractivity contribution in [2.24, 2.45) is 0 Å². The van der Waals surface area contributed by atoms with Gasteiger partial charge in [-0.05, 0) is 49.2 Å². The van der Waals surface area contributed by atoms with Crippen LogP contribution in [-0.4, -0.2) is 33.6 Å². The average Bonchev–Trinajstić information content (AvgIpc) is 3.25. The summed E-state index contributed by atoms with van der Waals surface area (Å²) in [5, 5.41) is 2.67. The highest BCUT2D eigenvalue weighted by Gasteiger charge is 2.30. The van der Waals surface area contributed by atoms with Gasteiger partial charge in [0.25, 0.3) is 5.91 Å². The number of ether oxygens (including phenoxy) is 1. The third-order valence-corrected chi connectivity index (χ3v) is 4.59. The van der Waals surface area contributed by atoms with E-state index in [1.54, 1.807) is 55.1 Å². The summed E-state index contributed by atoms with van der Waals surface area (Å²) in [6.07, 6.45) is 0.0194. The lowest BCUT2D eigenvalue weighted by Crippen LogP contribution is -2.45. The van der Waals surface area contributed by atoms with Crippen molar-refractivity contribution in [1.82, 2.24) is 14.9 Å². The standard InChI is InChI=1S/C23H22F3N3O3/c1-15(2)32-22(31)20(13-29-12-11-27-14-29)28-21(30)18-5-3-16(4-6-18)17-7-9-19(10-8-17)23(24,25)26/h3-12,14-15,20H,13H2,1-2H3,(H,28,30)/t20-/m0/s1. The minimum absolute atomic E-state index is 0.154. The van der Waals surface area contributed by atoms with Gasteiger partial charge in [-0.15, -0.1) is 0 Å². The quantitative estimate of drug-likeness (QED) is 0.550. The van der Waals surface area contributed by atoms with E-state index < -0.39 is 29.7 Å². The lowest BCUT2D eigenvalue weighted by atomic mass is 10.0. The van der Waals surface area contributed by atoms with Crippen LogP contribution in [0.2, 0.25) is 0 Å². The number of hydrogen-bond donors (Lipinski definition) is 1. The van der Waals surface area contributed by atoms with Crippen LogP contribution >= 0.6 is 0 Å². The summed E-state index contributed by atoms with van der Waals surface area (Å²) in [5.41, 5.74) is 0.816. The van der Waals surface area contributed by atoms with Gasteiger partial charge in [-0.2, -0.15) is 13.2 Å². The molecule has 0 aliphatic rings. The Hall–Kier alpha value is -3.62. The van der Waals surface area contributed by atoms with Gasteiger partial charge < -0.3 is 14.6 Å². The number of nitrogens with zero attached hydrogens (tertiary/aromatic N) is 2. The Morgan fingerprint density at radius 2 is 1.62 bits per heavy atom. The summed E-state index contributed by atoms with van der Waals surface area (Å²) in [7, 11) is 0. The van der Waals surface area contributed by atoms with Crippen LogP contribution in [0.1, 0.15) is 29.8 Å². The maximum Gasteiger partial charge on any atom is 0.416 e. The summed E-state index contributed by atoms with van der Waals surface area (Å²) < 4.78 is 45.1. The molecule has 9 heteroatoms. The predicted octanol–water partition coefficient (Wildman–Crippen LogP) is 4.32. The van der Waals surface area contributed by atoms with Gasteiger partial charge in [0.05, 0.1) is 24.5 Å². The van der Waals surface area contributed by atoms with Crippen molar-refractivity contribution in [2.75, 3.05) is 0 Å². The van der Waals surface area contributed by atoms with Gasteiger partial charge in [0, 0.05) is 18.0 Å². The molecule has 0 fully saturated rings. The Labute approximate surface area is 183 Å². The maximum absolute atomic E-state index is 12.7. The summed E-state index contributed by atoms with van der Waals surface area (Å²) in [6, 6.07) is 10.2. The van der Waals surface area contributed by atoms with E-state index in [9.17, 15) is 22.8 Å². The van der Waals surface area contributed by atoms with E-state index in [4.69, 9.17) is 4.74 Å². The molecule has 1 aromatic heterocycles. The van der Waals surface area contributed by atoms with Crippen molar-refractivity contribution >= 4 is 11.9 Å². The molecule has 1 N–H and O–H groups in total. The highest BCUT2D eigenvalue weighted by Crippen LogP contribution is 2.31. The number of amides is 1. The molecule has 2 aromatic carbocycles. The molecule has 0 aliphatic carbocycles. The molecule has 0 saturated heterocycles. The molecule has 0 unspecified atom stereocenters. The summed E-state index contributed by atoms with van der Waals surface area (Å²) in [4.78, 5) is 29.1. The molecular formula is C23H22F3N3O3. The summed E-state index contributed by atoms with van der Waals surface area (Å²) >= 11 is 0. The van der Waals surface area contributed by atoms with Gasteiger partial charge in [0.15, 0.2) is 0 Å². The van der Waals surface area contributed by atoms with Crippen molar-refractivity contribution in [1.29, 1.82) is 0 Å². The third-order valence-electron chi connectivity index (χ3n) is 4.59. The fourth-order valence-electron chi connectivity index (χ4n) is 3.01. The topological polar surface area (TPSA) is 73.2 Å². The number of imidazole rings is 1. The number of benzene rings is 2. The summed E-state index contributed by atoms with van der Waals surface area (Å²) in [5.74, 6) is -1.04. The van der Waals surface area contributed by atoms with E-state index in [1.165, 1.54) is 18.5 Å². The fraction of sp³-hybridized carbons (Fsp3) is 0.261. The monoisotopic (exact) mass is 445 g/mol. The molecule has 0 bridgehead atoms. The van der Waals surface area contributed by atoms with E-state index in [1.807, 2.05) is 0 Å². The zero-order valence-electron chi connectivity index (χ0n) is 17.5. The van der Waals surface area contributed by atoms with Gasteiger partial charge in [-0.25, -0.2) is 9.78 Å². The maximum atomic E-state index is 12.7. The van der Waals surface area contributed by atoms with E-state index in [2.05, 4.69) is 10.3 Å².